The van der Waals surface area contributed by atoms with Gasteiger partial charge in [-0.1, -0.05) is 25.1 Å². The molecule has 0 heterocycles. The van der Waals surface area contributed by atoms with Gasteiger partial charge < -0.3 is 9.64 Å². The number of carbonyl (C=O) groups excluding carboxylic acids is 2. The van der Waals surface area contributed by atoms with Crippen LogP contribution in [0.1, 0.15) is 35.7 Å². The summed E-state index contributed by atoms with van der Waals surface area (Å²) in [7, 11) is 3.13. The van der Waals surface area contributed by atoms with E-state index >= 15 is 0 Å². The van der Waals surface area contributed by atoms with Crippen molar-refractivity contribution in [2.45, 2.75) is 26.2 Å². The molecule has 0 radical (unpaired) electrons. The molecule has 0 aliphatic rings. The van der Waals surface area contributed by atoms with Crippen LogP contribution >= 0.6 is 0 Å². The lowest BCUT2D eigenvalue weighted by Crippen LogP contribution is -2.29. The Morgan fingerprint density at radius 3 is 2.58 bits per heavy atom. The number of nitrogens with zero attached hydrogens (tertiary/aromatic N) is 1. The molecule has 4 heteroatoms. The van der Waals surface area contributed by atoms with Gasteiger partial charge in [-0.2, -0.15) is 0 Å². The molecule has 0 aliphatic carbocycles. The highest BCUT2D eigenvalue weighted by atomic mass is 16.5. The van der Waals surface area contributed by atoms with Crippen molar-refractivity contribution in [1.82, 2.24) is 4.90 Å². The highest BCUT2D eigenvalue weighted by Crippen LogP contribution is 2.12. The first-order valence-corrected chi connectivity index (χ1v) is 6.50. The van der Waals surface area contributed by atoms with E-state index in [2.05, 4.69) is 4.74 Å². The molecule has 0 atom stereocenters. The number of amides is 1. The summed E-state index contributed by atoms with van der Waals surface area (Å²) < 4.78 is 4.57. The van der Waals surface area contributed by atoms with E-state index in [1.54, 1.807) is 11.9 Å². The lowest BCUT2D eigenvalue weighted by atomic mass is 10.0. The van der Waals surface area contributed by atoms with Crippen molar-refractivity contribution < 1.29 is 14.3 Å². The normalized spacial score (nSPS) is 10.1. The van der Waals surface area contributed by atoms with E-state index in [-0.39, 0.29) is 11.9 Å². The van der Waals surface area contributed by atoms with Crippen LogP contribution in [-0.2, 0) is 16.0 Å². The van der Waals surface area contributed by atoms with Gasteiger partial charge in [0.15, 0.2) is 0 Å². The first-order valence-electron chi connectivity index (χ1n) is 6.50. The Kier molecular flexibility index (Phi) is 6.06. The monoisotopic (exact) mass is 263 g/mol. The van der Waals surface area contributed by atoms with Crippen LogP contribution in [0, 0.1) is 0 Å². The third kappa shape index (κ3) is 4.39. The Bertz CT molecular complexity index is 443. The zero-order valence-electron chi connectivity index (χ0n) is 11.8. The van der Waals surface area contributed by atoms with E-state index in [4.69, 9.17) is 0 Å². The summed E-state index contributed by atoms with van der Waals surface area (Å²) >= 11 is 0. The summed E-state index contributed by atoms with van der Waals surface area (Å²) in [6, 6.07) is 7.62. The van der Waals surface area contributed by atoms with Crippen LogP contribution in [-0.4, -0.2) is 37.5 Å². The Labute approximate surface area is 114 Å². The van der Waals surface area contributed by atoms with Gasteiger partial charge in [0.1, 0.15) is 0 Å². The summed E-state index contributed by atoms with van der Waals surface area (Å²) in [6.45, 7) is 2.58. The number of benzene rings is 1. The van der Waals surface area contributed by atoms with E-state index in [0.29, 0.717) is 19.4 Å². The average Bonchev–Trinajstić information content (AvgIpc) is 2.45. The fraction of sp³-hybridized carbons (Fsp3) is 0.467. The van der Waals surface area contributed by atoms with Gasteiger partial charge in [0.2, 0.25) is 0 Å². The zero-order chi connectivity index (χ0) is 14.3. The molecule has 0 unspecified atom stereocenters. The second-order valence-electron chi connectivity index (χ2n) is 4.42. The summed E-state index contributed by atoms with van der Waals surface area (Å²) in [6.07, 6.45) is 1.78. The Balaban J connectivity index is 2.59. The van der Waals surface area contributed by atoms with Crippen molar-refractivity contribution in [3.63, 3.8) is 0 Å². The molecular weight excluding hydrogens is 242 g/mol. The molecule has 0 saturated carbocycles. The molecule has 1 rings (SSSR count). The smallest absolute Gasteiger partial charge is 0.305 e. The van der Waals surface area contributed by atoms with Gasteiger partial charge in [0.05, 0.1) is 7.11 Å². The second kappa shape index (κ2) is 7.56. The zero-order valence-corrected chi connectivity index (χ0v) is 11.8. The Morgan fingerprint density at radius 2 is 1.95 bits per heavy atom. The van der Waals surface area contributed by atoms with Crippen LogP contribution in [0.15, 0.2) is 24.3 Å². The Hall–Kier alpha value is -1.84. The number of hydrogen-bond acceptors (Lipinski definition) is 3. The third-order valence-corrected chi connectivity index (χ3v) is 3.08. The minimum atomic E-state index is -0.241. The fourth-order valence-corrected chi connectivity index (χ4v) is 1.91. The lowest BCUT2D eigenvalue weighted by molar-refractivity contribution is -0.140. The molecule has 0 fully saturated rings. The van der Waals surface area contributed by atoms with E-state index < -0.39 is 0 Å². The molecule has 104 valence electrons. The molecular formula is C15H21NO3. The van der Waals surface area contributed by atoms with Crippen molar-refractivity contribution in [2.24, 2.45) is 0 Å². The number of methoxy groups -OCH3 is 1. The molecule has 0 aromatic heterocycles. The highest BCUT2D eigenvalue weighted by Gasteiger charge is 2.14. The molecule has 0 bridgehead atoms. The lowest BCUT2D eigenvalue weighted by Gasteiger charge is -2.18. The SMILES string of the molecule is CCc1ccccc1C(=O)N(C)CCCC(=O)OC. The average molecular weight is 263 g/mol. The molecule has 0 N–H and O–H groups in total. The van der Waals surface area contributed by atoms with Crippen LogP contribution in [0.5, 0.6) is 0 Å². The van der Waals surface area contributed by atoms with Gasteiger partial charge in [-0.15, -0.1) is 0 Å². The molecule has 0 spiro atoms. The highest BCUT2D eigenvalue weighted by molar-refractivity contribution is 5.95. The van der Waals surface area contributed by atoms with Crippen molar-refractivity contribution in [2.75, 3.05) is 20.7 Å². The first-order chi connectivity index (χ1) is 9.10. The van der Waals surface area contributed by atoms with Crippen LogP contribution in [0.2, 0.25) is 0 Å². The van der Waals surface area contributed by atoms with E-state index in [9.17, 15) is 9.59 Å². The van der Waals surface area contributed by atoms with Crippen molar-refractivity contribution in [3.8, 4) is 0 Å². The second-order valence-corrected chi connectivity index (χ2v) is 4.42. The number of carbonyl (C=O) groups is 2. The maximum atomic E-state index is 12.3. The van der Waals surface area contributed by atoms with Gasteiger partial charge >= 0.3 is 5.97 Å². The number of esters is 1. The van der Waals surface area contributed by atoms with Crippen LogP contribution in [0.25, 0.3) is 0 Å². The van der Waals surface area contributed by atoms with E-state index in [1.807, 2.05) is 31.2 Å². The molecule has 1 aromatic carbocycles. The summed E-state index contributed by atoms with van der Waals surface area (Å²) in [5, 5.41) is 0. The topological polar surface area (TPSA) is 46.6 Å². The predicted octanol–water partition coefficient (Wildman–Crippen LogP) is 2.27. The summed E-state index contributed by atoms with van der Waals surface area (Å²) in [5.74, 6) is -0.239. The van der Waals surface area contributed by atoms with Crippen molar-refractivity contribution in [3.05, 3.63) is 35.4 Å². The number of aryl methyl sites for hydroxylation is 1. The van der Waals surface area contributed by atoms with Crippen LogP contribution < -0.4 is 0 Å². The molecule has 19 heavy (non-hydrogen) atoms. The quantitative estimate of drug-likeness (QED) is 0.740. The molecule has 0 saturated heterocycles. The van der Waals surface area contributed by atoms with Gasteiger partial charge in [0.25, 0.3) is 5.91 Å². The van der Waals surface area contributed by atoms with Crippen molar-refractivity contribution in [1.29, 1.82) is 0 Å². The maximum absolute atomic E-state index is 12.3. The largest absolute Gasteiger partial charge is 0.469 e. The first kappa shape index (κ1) is 15.2. The molecule has 1 aromatic rings. The fourth-order valence-electron chi connectivity index (χ4n) is 1.91. The van der Waals surface area contributed by atoms with E-state index in [1.165, 1.54) is 7.11 Å². The van der Waals surface area contributed by atoms with Crippen LogP contribution in [0.3, 0.4) is 0 Å². The summed E-state index contributed by atoms with van der Waals surface area (Å²) in [4.78, 5) is 24.9. The minimum Gasteiger partial charge on any atom is -0.469 e. The summed E-state index contributed by atoms with van der Waals surface area (Å²) in [5.41, 5.74) is 1.79. The van der Waals surface area contributed by atoms with Gasteiger partial charge in [-0.25, -0.2) is 0 Å². The molecule has 4 nitrogen and oxygen atoms in total. The van der Waals surface area contributed by atoms with E-state index in [0.717, 1.165) is 17.5 Å². The maximum Gasteiger partial charge on any atom is 0.305 e. The van der Waals surface area contributed by atoms with Gasteiger partial charge in [0, 0.05) is 25.6 Å². The number of rotatable bonds is 6. The standard InChI is InChI=1S/C15H21NO3/c1-4-12-8-5-6-9-13(12)15(18)16(2)11-7-10-14(17)19-3/h5-6,8-9H,4,7,10-11H2,1-3H3. The molecule has 0 aliphatic heterocycles. The molecule has 1 amide bonds. The van der Waals surface area contributed by atoms with Gasteiger partial charge in [-0.05, 0) is 24.5 Å². The Morgan fingerprint density at radius 1 is 1.26 bits per heavy atom. The number of ether oxygens (including phenoxy) is 1. The predicted molar refractivity (Wildman–Crippen MR) is 74.0 cm³/mol. The van der Waals surface area contributed by atoms with Crippen LogP contribution in [0.4, 0.5) is 0 Å². The minimum absolute atomic E-state index is 0.00214. The van der Waals surface area contributed by atoms with Crippen molar-refractivity contribution >= 4 is 11.9 Å². The van der Waals surface area contributed by atoms with Gasteiger partial charge in [-0.3, -0.25) is 9.59 Å². The third-order valence-electron chi connectivity index (χ3n) is 3.08. The number of hydrogen-bond donors (Lipinski definition) is 0.